The Bertz CT molecular complexity index is 675. The van der Waals surface area contributed by atoms with Crippen LogP contribution in [0.3, 0.4) is 0 Å². The number of hydrogen-bond donors (Lipinski definition) is 1. The Morgan fingerprint density at radius 2 is 2.04 bits per heavy atom. The largest absolute Gasteiger partial charge is 0.463 e. The summed E-state index contributed by atoms with van der Waals surface area (Å²) in [6.45, 7) is 3.87. The number of nitrogens with zero attached hydrogens (tertiary/aromatic N) is 2. The number of rotatable bonds is 6. The smallest absolute Gasteiger partial charge is 0.338 e. The number of ether oxygens (including phenoxy) is 1. The molecule has 1 aliphatic rings. The molecule has 1 atom stereocenters. The van der Waals surface area contributed by atoms with E-state index in [1.54, 1.807) is 32.2 Å². The summed E-state index contributed by atoms with van der Waals surface area (Å²) < 4.78 is 5.13. The molecular weight excluding hydrogens is 330 g/mol. The number of halogens is 1. The van der Waals surface area contributed by atoms with Crippen molar-refractivity contribution in [3.05, 3.63) is 46.1 Å². The number of nitrogens with two attached hydrogens (primary N) is 1. The van der Waals surface area contributed by atoms with Gasteiger partial charge in [0.25, 0.3) is 0 Å². The summed E-state index contributed by atoms with van der Waals surface area (Å²) in [7, 11) is 1.67. The minimum atomic E-state index is -0.501. The molecular formula is C17H22ClN3O3. The third-order valence-corrected chi connectivity index (χ3v) is 4.21. The fourth-order valence-corrected chi connectivity index (χ4v) is 3.08. The molecule has 2 N–H and O–H groups in total. The molecule has 24 heavy (non-hydrogen) atoms. The second-order valence-electron chi connectivity index (χ2n) is 5.54. The van der Waals surface area contributed by atoms with Crippen molar-refractivity contribution in [1.29, 1.82) is 0 Å². The zero-order valence-corrected chi connectivity index (χ0v) is 14.8. The van der Waals surface area contributed by atoms with E-state index in [4.69, 9.17) is 22.2 Å². The number of ketones is 1. The monoisotopic (exact) mass is 351 g/mol. The van der Waals surface area contributed by atoms with E-state index in [2.05, 4.69) is 0 Å². The van der Waals surface area contributed by atoms with Gasteiger partial charge in [-0.15, -0.1) is 0 Å². The van der Waals surface area contributed by atoms with Crippen LogP contribution >= 0.6 is 11.6 Å². The molecule has 130 valence electrons. The van der Waals surface area contributed by atoms with Crippen molar-refractivity contribution in [2.24, 2.45) is 5.84 Å². The van der Waals surface area contributed by atoms with Gasteiger partial charge in [-0.3, -0.25) is 9.80 Å². The van der Waals surface area contributed by atoms with Gasteiger partial charge in [-0.1, -0.05) is 30.7 Å². The molecule has 6 nitrogen and oxygen atoms in total. The maximum Gasteiger partial charge on any atom is 0.338 e. The first kappa shape index (κ1) is 18.4. The van der Waals surface area contributed by atoms with E-state index in [1.165, 1.54) is 10.1 Å². The molecule has 0 aromatic heterocycles. The van der Waals surface area contributed by atoms with Crippen LogP contribution in [0.25, 0.3) is 0 Å². The van der Waals surface area contributed by atoms with Crippen molar-refractivity contribution in [3.8, 4) is 0 Å². The molecule has 1 aliphatic heterocycles. The molecule has 0 radical (unpaired) electrons. The highest BCUT2D eigenvalue weighted by Crippen LogP contribution is 2.30. The first-order valence-electron chi connectivity index (χ1n) is 7.87. The average Bonchev–Trinajstić information content (AvgIpc) is 2.79. The second-order valence-corrected chi connectivity index (χ2v) is 5.98. The number of esters is 1. The molecule has 1 aromatic carbocycles. The molecule has 0 bridgehead atoms. The lowest BCUT2D eigenvalue weighted by Crippen LogP contribution is -2.46. The van der Waals surface area contributed by atoms with Crippen molar-refractivity contribution < 1.29 is 14.3 Å². The molecule has 7 heteroatoms. The summed E-state index contributed by atoms with van der Waals surface area (Å²) in [4.78, 5) is 25.2. The third-order valence-electron chi connectivity index (χ3n) is 3.98. The van der Waals surface area contributed by atoms with Gasteiger partial charge in [0, 0.05) is 18.5 Å². The molecule has 2 rings (SSSR count). The highest BCUT2D eigenvalue weighted by atomic mass is 35.5. The van der Waals surface area contributed by atoms with Gasteiger partial charge >= 0.3 is 5.97 Å². The Labute approximate surface area is 146 Å². The van der Waals surface area contributed by atoms with Gasteiger partial charge in [0.2, 0.25) is 0 Å². The van der Waals surface area contributed by atoms with Crippen LogP contribution in [-0.2, 0) is 20.7 Å². The summed E-state index contributed by atoms with van der Waals surface area (Å²) >= 11 is 5.97. The molecule has 0 saturated heterocycles. The predicted molar refractivity (Wildman–Crippen MR) is 91.7 cm³/mol. The minimum absolute atomic E-state index is 0.132. The number of likely N-dealkylation sites (N-methyl/N-ethyl adjacent to an activating group) is 1. The van der Waals surface area contributed by atoms with Gasteiger partial charge in [-0.25, -0.2) is 10.6 Å². The van der Waals surface area contributed by atoms with E-state index in [1.807, 2.05) is 13.0 Å². The maximum absolute atomic E-state index is 12.8. The molecule has 0 saturated carbocycles. The fourth-order valence-electron chi connectivity index (χ4n) is 2.87. The Hall–Kier alpha value is -1.89. The predicted octanol–water partition coefficient (Wildman–Crippen LogP) is 2.08. The highest BCUT2D eigenvalue weighted by molar-refractivity contribution is 6.30. The summed E-state index contributed by atoms with van der Waals surface area (Å²) in [5, 5.41) is 3.48. The van der Waals surface area contributed by atoms with Crippen LogP contribution in [0.15, 0.2) is 35.5 Å². The number of hydrogen-bond acceptors (Lipinski definition) is 6. The first-order chi connectivity index (χ1) is 11.4. The Kier molecular flexibility index (Phi) is 5.99. The highest BCUT2D eigenvalue weighted by Gasteiger charge is 2.41. The van der Waals surface area contributed by atoms with Gasteiger partial charge in [0.1, 0.15) is 5.70 Å². The van der Waals surface area contributed by atoms with E-state index in [9.17, 15) is 9.59 Å². The molecule has 0 amide bonds. The van der Waals surface area contributed by atoms with E-state index in [0.717, 1.165) is 5.56 Å². The lowest BCUT2D eigenvalue weighted by molar-refractivity contribution is -0.139. The number of allylic oxidation sites excluding steroid dienone is 1. The topological polar surface area (TPSA) is 75.9 Å². The van der Waals surface area contributed by atoms with Gasteiger partial charge in [-0.05, 0) is 31.0 Å². The van der Waals surface area contributed by atoms with Crippen LogP contribution in [-0.4, -0.2) is 41.6 Å². The minimum Gasteiger partial charge on any atom is -0.463 e. The fraction of sp³-hybridized carbons (Fsp3) is 0.412. The standard InChI is InChI=1S/C17H22ClN3O3/c1-4-13-15(17(23)24-5-2)16(20(3)21(13)19)14(22)10-11-7-6-8-12(18)9-11/h6-9,13H,4-5,10,19H2,1-3H3. The zero-order chi connectivity index (χ0) is 17.9. The van der Waals surface area contributed by atoms with E-state index in [-0.39, 0.29) is 30.5 Å². The molecule has 1 heterocycles. The van der Waals surface area contributed by atoms with Gasteiger partial charge < -0.3 is 4.74 Å². The van der Waals surface area contributed by atoms with Gasteiger partial charge in [-0.2, -0.15) is 5.12 Å². The number of benzene rings is 1. The number of carbonyl (C=O) groups is 2. The summed E-state index contributed by atoms with van der Waals surface area (Å²) in [6.07, 6.45) is 0.719. The van der Waals surface area contributed by atoms with Crippen molar-refractivity contribution in [3.63, 3.8) is 0 Å². The molecule has 1 aromatic rings. The molecule has 1 unspecified atom stereocenters. The summed E-state index contributed by atoms with van der Waals surface area (Å²) in [5.41, 5.74) is 1.37. The molecule has 0 fully saturated rings. The number of carbonyl (C=O) groups excluding carboxylic acids is 2. The van der Waals surface area contributed by atoms with E-state index >= 15 is 0 Å². The van der Waals surface area contributed by atoms with Crippen LogP contribution in [0.5, 0.6) is 0 Å². The van der Waals surface area contributed by atoms with Gasteiger partial charge in [0.15, 0.2) is 5.78 Å². The lowest BCUT2D eigenvalue weighted by Gasteiger charge is -2.27. The average molecular weight is 352 g/mol. The van der Waals surface area contributed by atoms with Crippen LogP contribution in [0, 0.1) is 0 Å². The van der Waals surface area contributed by atoms with Crippen LogP contribution < -0.4 is 5.84 Å². The maximum atomic E-state index is 12.8. The van der Waals surface area contributed by atoms with Gasteiger partial charge in [0.05, 0.1) is 18.2 Å². The van der Waals surface area contributed by atoms with Crippen LogP contribution in [0.4, 0.5) is 0 Å². The van der Waals surface area contributed by atoms with E-state index < -0.39 is 5.97 Å². The summed E-state index contributed by atoms with van der Waals surface area (Å²) in [5.74, 6) is 5.34. The SMILES string of the molecule is CCOC(=O)C1=C(C(=O)Cc2cccc(Cl)c2)N(C)N(N)C1CC. The first-order valence-corrected chi connectivity index (χ1v) is 8.24. The normalized spacial score (nSPS) is 18.2. The lowest BCUT2D eigenvalue weighted by atomic mass is 9.99. The number of hydrazine groups is 2. The third kappa shape index (κ3) is 3.61. The summed E-state index contributed by atoms with van der Waals surface area (Å²) in [6, 6.07) is 6.70. The molecule has 0 spiro atoms. The van der Waals surface area contributed by atoms with Crippen LogP contribution in [0.2, 0.25) is 5.02 Å². The Morgan fingerprint density at radius 1 is 1.33 bits per heavy atom. The van der Waals surface area contributed by atoms with Crippen molar-refractivity contribution >= 4 is 23.4 Å². The molecule has 0 aliphatic carbocycles. The Morgan fingerprint density at radius 3 is 2.62 bits per heavy atom. The zero-order valence-electron chi connectivity index (χ0n) is 14.1. The van der Waals surface area contributed by atoms with Crippen molar-refractivity contribution in [2.45, 2.75) is 32.7 Å². The number of Topliss-reactive ketones (excluding diaryl/α,β-unsaturated/α-hetero) is 1. The quantitative estimate of drug-likeness (QED) is 0.624. The van der Waals surface area contributed by atoms with Crippen LogP contribution in [0.1, 0.15) is 25.8 Å². The Balaban J connectivity index is 2.38. The van der Waals surface area contributed by atoms with E-state index in [0.29, 0.717) is 17.0 Å². The van der Waals surface area contributed by atoms with Crippen molar-refractivity contribution in [2.75, 3.05) is 13.7 Å². The van der Waals surface area contributed by atoms with Crippen molar-refractivity contribution in [1.82, 2.24) is 10.1 Å². The second kappa shape index (κ2) is 7.79.